The van der Waals surface area contributed by atoms with Crippen LogP contribution in [0.3, 0.4) is 0 Å². The first-order valence-corrected chi connectivity index (χ1v) is 10.9. The number of benzene rings is 1. The molecule has 6 nitrogen and oxygen atoms in total. The van der Waals surface area contributed by atoms with Gasteiger partial charge in [0, 0.05) is 12.6 Å². The fourth-order valence-corrected chi connectivity index (χ4v) is 4.13. The van der Waals surface area contributed by atoms with Crippen LogP contribution in [0.1, 0.15) is 38.4 Å². The van der Waals surface area contributed by atoms with Crippen molar-refractivity contribution in [2.45, 2.75) is 57.0 Å². The molecule has 1 saturated carbocycles. The van der Waals surface area contributed by atoms with E-state index in [-0.39, 0.29) is 30.1 Å². The third-order valence-corrected chi connectivity index (χ3v) is 5.98. The van der Waals surface area contributed by atoms with Crippen LogP contribution in [0.4, 0.5) is 4.39 Å². The Morgan fingerprint density at radius 3 is 2.83 bits per heavy atom. The van der Waals surface area contributed by atoms with Crippen LogP contribution in [0.15, 0.2) is 42.1 Å². The van der Waals surface area contributed by atoms with Crippen LogP contribution >= 0.6 is 11.8 Å². The standard InChI is InChI=1S/C21H27FN4O2S/c1-3-12-26-19(13-28-18-7-5-4-6-17(18)22)24-25-21(26)29-14-20(27)23-16-10-8-15(2)9-11-16/h3-7,15-16H,1,8-14H2,2H3,(H,23,27). The Morgan fingerprint density at radius 2 is 2.10 bits per heavy atom. The molecule has 0 spiro atoms. The summed E-state index contributed by atoms with van der Waals surface area (Å²) in [4.78, 5) is 12.3. The Bertz CT molecular complexity index is 834. The first-order valence-electron chi connectivity index (χ1n) is 9.89. The van der Waals surface area contributed by atoms with E-state index in [9.17, 15) is 9.18 Å². The van der Waals surface area contributed by atoms with E-state index in [1.54, 1.807) is 24.3 Å². The lowest BCUT2D eigenvalue weighted by Gasteiger charge is -2.26. The molecule has 1 aliphatic rings. The number of hydrogen-bond acceptors (Lipinski definition) is 5. The number of ether oxygens (including phenoxy) is 1. The van der Waals surface area contributed by atoms with Crippen molar-refractivity contribution in [1.29, 1.82) is 0 Å². The zero-order valence-corrected chi connectivity index (χ0v) is 17.5. The van der Waals surface area contributed by atoms with Gasteiger partial charge in [0.2, 0.25) is 5.91 Å². The fourth-order valence-electron chi connectivity index (χ4n) is 3.35. The predicted octanol–water partition coefficient (Wildman–Crippen LogP) is 3.97. The number of aromatic nitrogens is 3. The van der Waals surface area contributed by atoms with E-state index in [1.165, 1.54) is 17.8 Å². The lowest BCUT2D eigenvalue weighted by Crippen LogP contribution is -2.38. The third kappa shape index (κ3) is 6.06. The minimum atomic E-state index is -0.425. The van der Waals surface area contributed by atoms with Gasteiger partial charge in [-0.15, -0.1) is 16.8 Å². The minimum absolute atomic E-state index is 0.00635. The Kier molecular flexibility index (Phi) is 7.69. The Labute approximate surface area is 174 Å². The molecule has 8 heteroatoms. The van der Waals surface area contributed by atoms with Gasteiger partial charge in [0.05, 0.1) is 5.75 Å². The molecule has 0 saturated heterocycles. The predicted molar refractivity (Wildman–Crippen MR) is 111 cm³/mol. The third-order valence-electron chi connectivity index (χ3n) is 5.01. The van der Waals surface area contributed by atoms with Gasteiger partial charge < -0.3 is 10.1 Å². The van der Waals surface area contributed by atoms with E-state index >= 15 is 0 Å². The smallest absolute Gasteiger partial charge is 0.230 e. The van der Waals surface area contributed by atoms with Gasteiger partial charge in [-0.25, -0.2) is 4.39 Å². The average molecular weight is 419 g/mol. The van der Waals surface area contributed by atoms with Crippen molar-refractivity contribution < 1.29 is 13.9 Å². The number of thioether (sulfide) groups is 1. The number of halogens is 1. The van der Waals surface area contributed by atoms with Crippen molar-refractivity contribution in [3.05, 3.63) is 48.6 Å². The highest BCUT2D eigenvalue weighted by atomic mass is 32.2. The van der Waals surface area contributed by atoms with Gasteiger partial charge >= 0.3 is 0 Å². The van der Waals surface area contributed by atoms with Gasteiger partial charge in [-0.05, 0) is 43.7 Å². The second-order valence-corrected chi connectivity index (χ2v) is 8.27. The molecular formula is C21H27FN4O2S. The van der Waals surface area contributed by atoms with E-state index in [0.717, 1.165) is 31.6 Å². The number of hydrogen-bond donors (Lipinski definition) is 1. The molecule has 3 rings (SSSR count). The molecule has 1 heterocycles. The van der Waals surface area contributed by atoms with Crippen LogP contribution in [-0.2, 0) is 17.9 Å². The molecule has 29 heavy (non-hydrogen) atoms. The first kappa shape index (κ1) is 21.4. The molecule has 156 valence electrons. The van der Waals surface area contributed by atoms with Gasteiger partial charge in [-0.1, -0.05) is 36.9 Å². The summed E-state index contributed by atoms with van der Waals surface area (Å²) in [6.45, 7) is 6.58. The molecule has 0 unspecified atom stereocenters. The number of nitrogens with one attached hydrogen (secondary N) is 1. The van der Waals surface area contributed by atoms with Crippen molar-refractivity contribution in [3.8, 4) is 5.75 Å². The van der Waals surface area contributed by atoms with E-state index in [1.807, 2.05) is 4.57 Å². The number of allylic oxidation sites excluding steroid dienone is 1. The summed E-state index contributed by atoms with van der Waals surface area (Å²) < 4.78 is 21.1. The highest BCUT2D eigenvalue weighted by molar-refractivity contribution is 7.99. The lowest BCUT2D eigenvalue weighted by atomic mass is 9.87. The van der Waals surface area contributed by atoms with Crippen LogP contribution in [0.5, 0.6) is 5.75 Å². The van der Waals surface area contributed by atoms with E-state index in [2.05, 4.69) is 29.0 Å². The van der Waals surface area contributed by atoms with E-state index < -0.39 is 5.82 Å². The Balaban J connectivity index is 1.55. The summed E-state index contributed by atoms with van der Waals surface area (Å²) >= 11 is 1.33. The molecule has 1 amide bonds. The molecule has 1 N–H and O–H groups in total. The number of amides is 1. The maximum absolute atomic E-state index is 13.7. The second kappa shape index (κ2) is 10.4. The number of para-hydroxylation sites is 1. The maximum atomic E-state index is 13.7. The van der Waals surface area contributed by atoms with Gasteiger partial charge in [0.15, 0.2) is 22.5 Å². The summed E-state index contributed by atoms with van der Waals surface area (Å²) in [6.07, 6.45) is 6.14. The van der Waals surface area contributed by atoms with Crippen LogP contribution in [0, 0.1) is 11.7 Å². The molecule has 1 fully saturated rings. The summed E-state index contributed by atoms with van der Waals surface area (Å²) in [7, 11) is 0. The highest BCUT2D eigenvalue weighted by Gasteiger charge is 2.20. The Hall–Kier alpha value is -2.35. The summed E-state index contributed by atoms with van der Waals surface area (Å²) in [5.41, 5.74) is 0. The second-order valence-electron chi connectivity index (χ2n) is 7.33. The quantitative estimate of drug-likeness (QED) is 0.493. The maximum Gasteiger partial charge on any atom is 0.230 e. The molecule has 0 aliphatic heterocycles. The summed E-state index contributed by atoms with van der Waals surface area (Å²) in [5, 5.41) is 12.1. The number of carbonyl (C=O) groups excluding carboxylic acids is 1. The molecule has 2 aromatic rings. The van der Waals surface area contributed by atoms with E-state index in [0.29, 0.717) is 17.5 Å². The van der Waals surface area contributed by atoms with Crippen molar-refractivity contribution in [1.82, 2.24) is 20.1 Å². The number of rotatable bonds is 9. The Morgan fingerprint density at radius 1 is 1.34 bits per heavy atom. The highest BCUT2D eigenvalue weighted by Crippen LogP contribution is 2.24. The van der Waals surface area contributed by atoms with Crippen molar-refractivity contribution >= 4 is 17.7 Å². The van der Waals surface area contributed by atoms with Crippen LogP contribution in [-0.4, -0.2) is 32.5 Å². The molecular weight excluding hydrogens is 391 g/mol. The van der Waals surface area contributed by atoms with Crippen LogP contribution in [0.25, 0.3) is 0 Å². The number of carbonyl (C=O) groups is 1. The molecule has 1 aromatic carbocycles. The normalized spacial score (nSPS) is 19.0. The van der Waals surface area contributed by atoms with Crippen LogP contribution < -0.4 is 10.1 Å². The molecule has 0 atom stereocenters. The topological polar surface area (TPSA) is 69.0 Å². The van der Waals surface area contributed by atoms with Gasteiger partial charge in [-0.2, -0.15) is 0 Å². The monoisotopic (exact) mass is 418 g/mol. The van der Waals surface area contributed by atoms with E-state index in [4.69, 9.17) is 4.74 Å². The summed E-state index contributed by atoms with van der Waals surface area (Å²) in [5.74, 6) is 1.32. The molecule has 1 aromatic heterocycles. The first-order chi connectivity index (χ1) is 14.1. The van der Waals surface area contributed by atoms with Crippen LogP contribution in [0.2, 0.25) is 0 Å². The van der Waals surface area contributed by atoms with Gasteiger partial charge in [-0.3, -0.25) is 9.36 Å². The van der Waals surface area contributed by atoms with Crippen molar-refractivity contribution in [2.24, 2.45) is 5.92 Å². The largest absolute Gasteiger partial charge is 0.483 e. The molecule has 1 aliphatic carbocycles. The molecule has 0 radical (unpaired) electrons. The van der Waals surface area contributed by atoms with Gasteiger partial charge in [0.25, 0.3) is 0 Å². The average Bonchev–Trinajstić information content (AvgIpc) is 3.09. The zero-order valence-electron chi connectivity index (χ0n) is 16.6. The minimum Gasteiger partial charge on any atom is -0.483 e. The SMILES string of the molecule is C=CCn1c(COc2ccccc2F)nnc1SCC(=O)NC1CCC(C)CC1. The van der Waals surface area contributed by atoms with Crippen molar-refractivity contribution in [3.63, 3.8) is 0 Å². The van der Waals surface area contributed by atoms with Crippen molar-refractivity contribution in [2.75, 3.05) is 5.75 Å². The molecule has 0 bridgehead atoms. The summed E-state index contributed by atoms with van der Waals surface area (Å²) in [6, 6.07) is 6.50. The number of nitrogens with zero attached hydrogens (tertiary/aromatic N) is 3. The van der Waals surface area contributed by atoms with Gasteiger partial charge in [0.1, 0.15) is 6.61 Å². The fraction of sp³-hybridized carbons (Fsp3) is 0.476. The lowest BCUT2D eigenvalue weighted by molar-refractivity contribution is -0.119. The zero-order chi connectivity index (χ0) is 20.6.